The highest BCUT2D eigenvalue weighted by Crippen LogP contribution is 2.37. The Balaban J connectivity index is 1.55. The summed E-state index contributed by atoms with van der Waals surface area (Å²) in [6, 6.07) is 12.1. The van der Waals surface area contributed by atoms with Crippen molar-refractivity contribution in [3.05, 3.63) is 89.5 Å². The Labute approximate surface area is 203 Å². The SMILES string of the molecule is C/C=C/C1CCC(c2ccc(-c3ccc(-c4ccc(OCCC)c(F)c4F)cc3)c(F)c2F)OC1. The molecule has 0 saturated carbocycles. The molecule has 3 aromatic carbocycles. The van der Waals surface area contributed by atoms with Crippen LogP contribution < -0.4 is 4.74 Å². The molecular weight excluding hydrogens is 456 g/mol. The van der Waals surface area contributed by atoms with Gasteiger partial charge in [-0.25, -0.2) is 13.2 Å². The lowest BCUT2D eigenvalue weighted by Gasteiger charge is -2.28. The summed E-state index contributed by atoms with van der Waals surface area (Å²) in [5.41, 5.74) is 1.21. The number of ether oxygens (including phenoxy) is 2. The van der Waals surface area contributed by atoms with Gasteiger partial charge in [0, 0.05) is 22.6 Å². The molecule has 0 radical (unpaired) electrons. The first-order chi connectivity index (χ1) is 16.9. The topological polar surface area (TPSA) is 18.5 Å². The number of allylic oxidation sites excluding steroid dienone is 1. The maximum absolute atomic E-state index is 15.0. The van der Waals surface area contributed by atoms with Crippen molar-refractivity contribution in [1.29, 1.82) is 0 Å². The van der Waals surface area contributed by atoms with Gasteiger partial charge >= 0.3 is 0 Å². The molecule has 35 heavy (non-hydrogen) atoms. The Bertz CT molecular complexity index is 1200. The van der Waals surface area contributed by atoms with Crippen molar-refractivity contribution in [2.45, 2.75) is 39.2 Å². The van der Waals surface area contributed by atoms with Gasteiger partial charge in [0.1, 0.15) is 0 Å². The van der Waals surface area contributed by atoms with Crippen LogP contribution in [0.5, 0.6) is 5.75 Å². The highest BCUT2D eigenvalue weighted by molar-refractivity contribution is 5.71. The summed E-state index contributed by atoms with van der Waals surface area (Å²) in [5, 5.41) is 0. The third-order valence-corrected chi connectivity index (χ3v) is 6.25. The molecule has 1 heterocycles. The molecule has 2 unspecified atom stereocenters. The average Bonchev–Trinajstić information content (AvgIpc) is 2.88. The van der Waals surface area contributed by atoms with E-state index < -0.39 is 29.4 Å². The Morgan fingerprint density at radius 1 is 0.829 bits per heavy atom. The van der Waals surface area contributed by atoms with Gasteiger partial charge in [0.05, 0.1) is 19.3 Å². The zero-order valence-electron chi connectivity index (χ0n) is 19.8. The van der Waals surface area contributed by atoms with E-state index in [1.807, 2.05) is 19.9 Å². The highest BCUT2D eigenvalue weighted by Gasteiger charge is 2.26. The Morgan fingerprint density at radius 3 is 2.03 bits per heavy atom. The first-order valence-electron chi connectivity index (χ1n) is 11.9. The summed E-state index contributed by atoms with van der Waals surface area (Å²) in [5.74, 6) is -3.79. The molecule has 3 aromatic rings. The number of rotatable bonds is 7. The Hall–Kier alpha value is -3.12. The second-order valence-corrected chi connectivity index (χ2v) is 8.68. The summed E-state index contributed by atoms with van der Waals surface area (Å²) >= 11 is 0. The van der Waals surface area contributed by atoms with Crippen molar-refractivity contribution < 1.29 is 27.0 Å². The maximum Gasteiger partial charge on any atom is 0.201 e. The maximum atomic E-state index is 15.0. The quantitative estimate of drug-likeness (QED) is 0.248. The molecule has 4 rings (SSSR count). The first-order valence-corrected chi connectivity index (χ1v) is 11.9. The van der Waals surface area contributed by atoms with Crippen LogP contribution in [0.3, 0.4) is 0 Å². The fourth-order valence-corrected chi connectivity index (χ4v) is 4.38. The molecule has 1 saturated heterocycles. The van der Waals surface area contributed by atoms with Crippen LogP contribution in [0, 0.1) is 29.2 Å². The molecule has 1 aliphatic heterocycles. The molecule has 1 fully saturated rings. The van der Waals surface area contributed by atoms with Crippen LogP contribution in [0.15, 0.2) is 60.7 Å². The van der Waals surface area contributed by atoms with E-state index in [9.17, 15) is 13.2 Å². The third kappa shape index (κ3) is 5.27. The summed E-state index contributed by atoms with van der Waals surface area (Å²) in [4.78, 5) is 0. The smallest absolute Gasteiger partial charge is 0.201 e. The van der Waals surface area contributed by atoms with Crippen molar-refractivity contribution in [3.8, 4) is 28.0 Å². The van der Waals surface area contributed by atoms with E-state index >= 15 is 4.39 Å². The number of halogens is 4. The van der Waals surface area contributed by atoms with E-state index in [0.29, 0.717) is 36.5 Å². The standard InChI is InChI=1S/C29H28F4O2/c1-3-5-18-6-14-24(35-17-18)23-12-11-21(26(30)28(23)32)19-7-9-20(10-8-19)22-13-15-25(34-16-4-2)29(33)27(22)31/h3,5,7-13,15,18,24H,4,6,14,16-17H2,1-2H3/b5-3+. The minimum absolute atomic E-state index is 0.0607. The van der Waals surface area contributed by atoms with Crippen LogP contribution in [0.2, 0.25) is 0 Å². The largest absolute Gasteiger partial charge is 0.490 e. The fourth-order valence-electron chi connectivity index (χ4n) is 4.38. The van der Waals surface area contributed by atoms with Crippen LogP contribution in [-0.2, 0) is 4.74 Å². The van der Waals surface area contributed by atoms with E-state index in [1.54, 1.807) is 30.3 Å². The molecule has 0 bridgehead atoms. The van der Waals surface area contributed by atoms with Gasteiger partial charge in [0.25, 0.3) is 0 Å². The van der Waals surface area contributed by atoms with Gasteiger partial charge in [0.2, 0.25) is 5.82 Å². The molecule has 184 valence electrons. The van der Waals surface area contributed by atoms with Gasteiger partial charge in [-0.2, -0.15) is 4.39 Å². The average molecular weight is 485 g/mol. The molecule has 0 N–H and O–H groups in total. The predicted molar refractivity (Wildman–Crippen MR) is 129 cm³/mol. The van der Waals surface area contributed by atoms with Crippen molar-refractivity contribution in [3.63, 3.8) is 0 Å². The number of hydrogen-bond donors (Lipinski definition) is 0. The first kappa shape index (κ1) is 25.0. The molecular formula is C29H28F4O2. The monoisotopic (exact) mass is 484 g/mol. The Morgan fingerprint density at radius 2 is 1.46 bits per heavy atom. The lowest BCUT2D eigenvalue weighted by Crippen LogP contribution is -2.20. The third-order valence-electron chi connectivity index (χ3n) is 6.25. The normalized spacial score (nSPS) is 18.2. The molecule has 0 amide bonds. The van der Waals surface area contributed by atoms with Crippen molar-refractivity contribution in [1.82, 2.24) is 0 Å². The zero-order valence-corrected chi connectivity index (χ0v) is 19.8. The van der Waals surface area contributed by atoms with Crippen LogP contribution in [0.4, 0.5) is 17.6 Å². The number of hydrogen-bond acceptors (Lipinski definition) is 2. The van der Waals surface area contributed by atoms with E-state index in [4.69, 9.17) is 9.47 Å². The summed E-state index contributed by atoms with van der Waals surface area (Å²) < 4.78 is 70.0. The lowest BCUT2D eigenvalue weighted by molar-refractivity contribution is -0.00743. The van der Waals surface area contributed by atoms with Crippen LogP contribution in [0.25, 0.3) is 22.3 Å². The minimum atomic E-state index is -1.05. The predicted octanol–water partition coefficient (Wildman–Crippen LogP) is 8.41. The van der Waals surface area contributed by atoms with E-state index in [-0.39, 0.29) is 29.0 Å². The van der Waals surface area contributed by atoms with Gasteiger partial charge in [0.15, 0.2) is 23.2 Å². The molecule has 6 heteroatoms. The summed E-state index contributed by atoms with van der Waals surface area (Å²) in [7, 11) is 0. The second kappa shape index (κ2) is 11.1. The van der Waals surface area contributed by atoms with Crippen LogP contribution >= 0.6 is 0 Å². The molecule has 2 nitrogen and oxygen atoms in total. The van der Waals surface area contributed by atoms with Gasteiger partial charge < -0.3 is 9.47 Å². The Kier molecular flexibility index (Phi) is 7.91. The van der Waals surface area contributed by atoms with Crippen LogP contribution in [-0.4, -0.2) is 13.2 Å². The summed E-state index contributed by atoms with van der Waals surface area (Å²) in [6.07, 6.45) is 5.69. The second-order valence-electron chi connectivity index (χ2n) is 8.68. The molecule has 2 atom stereocenters. The van der Waals surface area contributed by atoms with Gasteiger partial charge in [-0.3, -0.25) is 0 Å². The van der Waals surface area contributed by atoms with E-state index in [0.717, 1.165) is 6.42 Å². The van der Waals surface area contributed by atoms with Gasteiger partial charge in [-0.05, 0) is 49.4 Å². The van der Waals surface area contributed by atoms with Gasteiger partial charge in [-0.15, -0.1) is 0 Å². The van der Waals surface area contributed by atoms with E-state index in [1.165, 1.54) is 18.2 Å². The number of benzene rings is 3. The highest BCUT2D eigenvalue weighted by atomic mass is 19.2. The van der Waals surface area contributed by atoms with Crippen LogP contribution in [0.1, 0.15) is 44.8 Å². The summed E-state index contributed by atoms with van der Waals surface area (Å²) in [6.45, 7) is 4.58. The van der Waals surface area contributed by atoms with Crippen molar-refractivity contribution >= 4 is 0 Å². The molecule has 1 aliphatic rings. The fraction of sp³-hybridized carbons (Fsp3) is 0.310. The van der Waals surface area contributed by atoms with Gasteiger partial charge in [-0.1, -0.05) is 55.5 Å². The van der Waals surface area contributed by atoms with E-state index in [2.05, 4.69) is 6.08 Å². The molecule has 0 aromatic heterocycles. The minimum Gasteiger partial charge on any atom is -0.490 e. The van der Waals surface area contributed by atoms with Crippen molar-refractivity contribution in [2.24, 2.45) is 5.92 Å². The lowest BCUT2D eigenvalue weighted by atomic mass is 9.92. The molecule has 0 spiro atoms. The molecule has 0 aliphatic carbocycles. The van der Waals surface area contributed by atoms with Crippen molar-refractivity contribution in [2.75, 3.05) is 13.2 Å². The zero-order chi connectivity index (χ0) is 24.9.